The van der Waals surface area contributed by atoms with Gasteiger partial charge in [-0.05, 0) is 57.8 Å². The van der Waals surface area contributed by atoms with E-state index in [0.717, 1.165) is 25.8 Å². The summed E-state index contributed by atoms with van der Waals surface area (Å²) in [5.74, 6) is 2.08. The highest BCUT2D eigenvalue weighted by Gasteiger charge is 2.41. The van der Waals surface area contributed by atoms with Crippen LogP contribution in [0.1, 0.15) is 60.8 Å². The topological polar surface area (TPSA) is 29.5 Å². The van der Waals surface area contributed by atoms with Crippen LogP contribution in [0.3, 0.4) is 0 Å². The third kappa shape index (κ3) is 3.80. The standard InChI is InChI=1S/C18H33NO2/c1-11(2)17(16-8-14(5)21-15(6)9-16)18(20)19-10-12(3)7-13(19)4/h11-17H,7-10H2,1-6H3/t12?,13-,14?,15?,16?,17?/m1/s1. The number of carbonyl (C=O) groups is 1. The fourth-order valence-corrected chi connectivity index (χ4v) is 4.58. The Morgan fingerprint density at radius 2 is 1.62 bits per heavy atom. The van der Waals surface area contributed by atoms with Gasteiger partial charge in [0.25, 0.3) is 0 Å². The third-order valence-corrected chi connectivity index (χ3v) is 5.31. The molecule has 2 aliphatic rings. The van der Waals surface area contributed by atoms with Crippen molar-refractivity contribution in [1.29, 1.82) is 0 Å². The van der Waals surface area contributed by atoms with Crippen LogP contribution in [0.4, 0.5) is 0 Å². The Kier molecular flexibility index (Phi) is 5.34. The van der Waals surface area contributed by atoms with E-state index in [-0.39, 0.29) is 18.1 Å². The van der Waals surface area contributed by atoms with Crippen LogP contribution in [0, 0.1) is 23.7 Å². The predicted molar refractivity (Wildman–Crippen MR) is 86.0 cm³/mol. The fourth-order valence-electron chi connectivity index (χ4n) is 4.58. The molecule has 5 atom stereocenters. The zero-order chi connectivity index (χ0) is 15.7. The third-order valence-electron chi connectivity index (χ3n) is 5.31. The first-order chi connectivity index (χ1) is 9.79. The summed E-state index contributed by atoms with van der Waals surface area (Å²) in [6.07, 6.45) is 3.76. The lowest BCUT2D eigenvalue weighted by molar-refractivity contribution is -0.144. The summed E-state index contributed by atoms with van der Waals surface area (Å²) < 4.78 is 5.86. The van der Waals surface area contributed by atoms with Crippen LogP contribution in [0.25, 0.3) is 0 Å². The maximum atomic E-state index is 13.1. The SMILES string of the molecule is CC1C[C@@H](C)N(C(=O)C(C(C)C)C2CC(C)OC(C)C2)C1. The summed E-state index contributed by atoms with van der Waals surface area (Å²) >= 11 is 0. The molecule has 0 aromatic rings. The van der Waals surface area contributed by atoms with E-state index in [2.05, 4.69) is 46.4 Å². The molecule has 2 rings (SSSR count). The van der Waals surface area contributed by atoms with Gasteiger partial charge in [0.05, 0.1) is 12.2 Å². The number of hydrogen-bond donors (Lipinski definition) is 0. The van der Waals surface area contributed by atoms with Gasteiger partial charge in [0, 0.05) is 18.5 Å². The Balaban J connectivity index is 2.13. The van der Waals surface area contributed by atoms with Gasteiger partial charge in [0.15, 0.2) is 0 Å². The van der Waals surface area contributed by atoms with Gasteiger partial charge in [-0.15, -0.1) is 0 Å². The molecule has 0 aliphatic carbocycles. The lowest BCUT2D eigenvalue weighted by atomic mass is 9.75. The molecule has 2 heterocycles. The quantitative estimate of drug-likeness (QED) is 0.794. The predicted octanol–water partition coefficient (Wildman–Crippen LogP) is 3.72. The van der Waals surface area contributed by atoms with Gasteiger partial charge in [-0.1, -0.05) is 20.8 Å². The van der Waals surface area contributed by atoms with Crippen molar-refractivity contribution in [2.75, 3.05) is 6.54 Å². The molecule has 3 nitrogen and oxygen atoms in total. The Hall–Kier alpha value is -0.570. The molecule has 0 radical (unpaired) electrons. The van der Waals surface area contributed by atoms with Gasteiger partial charge >= 0.3 is 0 Å². The minimum Gasteiger partial charge on any atom is -0.376 e. The highest BCUT2D eigenvalue weighted by atomic mass is 16.5. The number of nitrogens with zero attached hydrogens (tertiary/aromatic N) is 1. The number of carbonyl (C=O) groups excluding carboxylic acids is 1. The maximum Gasteiger partial charge on any atom is 0.226 e. The molecule has 2 saturated heterocycles. The molecule has 0 bridgehead atoms. The van der Waals surface area contributed by atoms with E-state index < -0.39 is 0 Å². The molecule has 21 heavy (non-hydrogen) atoms. The van der Waals surface area contributed by atoms with Gasteiger partial charge in [-0.2, -0.15) is 0 Å². The molecule has 2 fully saturated rings. The van der Waals surface area contributed by atoms with Crippen LogP contribution in [0.5, 0.6) is 0 Å². The molecule has 2 aliphatic heterocycles. The van der Waals surface area contributed by atoms with Crippen molar-refractivity contribution in [2.24, 2.45) is 23.7 Å². The van der Waals surface area contributed by atoms with Gasteiger partial charge in [-0.3, -0.25) is 4.79 Å². The monoisotopic (exact) mass is 295 g/mol. The molecule has 1 amide bonds. The van der Waals surface area contributed by atoms with E-state index >= 15 is 0 Å². The maximum absolute atomic E-state index is 13.1. The molecule has 3 heteroatoms. The highest BCUT2D eigenvalue weighted by molar-refractivity contribution is 5.80. The fraction of sp³-hybridized carbons (Fsp3) is 0.944. The summed E-state index contributed by atoms with van der Waals surface area (Å²) in [6.45, 7) is 14.1. The number of rotatable bonds is 3. The smallest absolute Gasteiger partial charge is 0.226 e. The number of ether oxygens (including phenoxy) is 1. The normalized spacial score (nSPS) is 38.8. The van der Waals surface area contributed by atoms with Gasteiger partial charge in [0.1, 0.15) is 0 Å². The van der Waals surface area contributed by atoms with E-state index in [0.29, 0.717) is 29.7 Å². The van der Waals surface area contributed by atoms with Crippen molar-refractivity contribution >= 4 is 5.91 Å². The number of hydrogen-bond acceptors (Lipinski definition) is 2. The van der Waals surface area contributed by atoms with Gasteiger partial charge < -0.3 is 9.64 Å². The van der Waals surface area contributed by atoms with Crippen LogP contribution in [-0.2, 0) is 9.53 Å². The summed E-state index contributed by atoms with van der Waals surface area (Å²) in [5, 5.41) is 0. The first kappa shape index (κ1) is 16.8. The van der Waals surface area contributed by atoms with Crippen molar-refractivity contribution in [3.63, 3.8) is 0 Å². The van der Waals surface area contributed by atoms with E-state index in [1.54, 1.807) is 0 Å². The van der Waals surface area contributed by atoms with E-state index in [9.17, 15) is 4.79 Å². The summed E-state index contributed by atoms with van der Waals surface area (Å²) in [6, 6.07) is 0.406. The number of likely N-dealkylation sites (tertiary alicyclic amines) is 1. The minimum atomic E-state index is 0.159. The van der Waals surface area contributed by atoms with Crippen LogP contribution < -0.4 is 0 Å². The zero-order valence-corrected chi connectivity index (χ0v) is 14.6. The van der Waals surface area contributed by atoms with Gasteiger partial charge in [0.2, 0.25) is 5.91 Å². The largest absolute Gasteiger partial charge is 0.376 e. The first-order valence-electron chi connectivity index (χ1n) is 8.75. The lowest BCUT2D eigenvalue weighted by Gasteiger charge is -2.40. The second-order valence-corrected chi connectivity index (χ2v) is 7.94. The molecular weight excluding hydrogens is 262 g/mol. The second kappa shape index (κ2) is 6.68. The highest BCUT2D eigenvalue weighted by Crippen LogP contribution is 2.37. The van der Waals surface area contributed by atoms with Crippen LogP contribution in [0.2, 0.25) is 0 Å². The summed E-state index contributed by atoms with van der Waals surface area (Å²) in [7, 11) is 0. The molecule has 0 spiro atoms. The second-order valence-electron chi connectivity index (χ2n) is 7.94. The van der Waals surface area contributed by atoms with Crippen molar-refractivity contribution < 1.29 is 9.53 Å². The minimum absolute atomic E-state index is 0.159. The van der Waals surface area contributed by atoms with E-state index in [1.165, 1.54) is 0 Å². The van der Waals surface area contributed by atoms with E-state index in [4.69, 9.17) is 4.74 Å². The van der Waals surface area contributed by atoms with Crippen LogP contribution in [0.15, 0.2) is 0 Å². The summed E-state index contributed by atoms with van der Waals surface area (Å²) in [4.78, 5) is 15.3. The Bertz CT molecular complexity index is 358. The molecule has 4 unspecified atom stereocenters. The van der Waals surface area contributed by atoms with Crippen molar-refractivity contribution in [3.8, 4) is 0 Å². The van der Waals surface area contributed by atoms with Gasteiger partial charge in [-0.25, -0.2) is 0 Å². The summed E-state index contributed by atoms with van der Waals surface area (Å²) in [5.41, 5.74) is 0. The Labute approximate surface area is 130 Å². The molecule has 0 aromatic heterocycles. The average Bonchev–Trinajstić information content (AvgIpc) is 2.66. The van der Waals surface area contributed by atoms with Crippen LogP contribution in [-0.4, -0.2) is 35.6 Å². The molecule has 0 saturated carbocycles. The molecule has 0 N–H and O–H groups in total. The number of amides is 1. The average molecular weight is 295 g/mol. The van der Waals surface area contributed by atoms with Crippen LogP contribution >= 0.6 is 0 Å². The van der Waals surface area contributed by atoms with E-state index in [1.807, 2.05) is 0 Å². The zero-order valence-electron chi connectivity index (χ0n) is 14.6. The molecule has 0 aromatic carbocycles. The Morgan fingerprint density at radius 1 is 1.05 bits per heavy atom. The van der Waals surface area contributed by atoms with Crippen molar-refractivity contribution in [3.05, 3.63) is 0 Å². The first-order valence-corrected chi connectivity index (χ1v) is 8.75. The lowest BCUT2D eigenvalue weighted by Crippen LogP contribution is -2.46. The Morgan fingerprint density at radius 3 is 2.05 bits per heavy atom. The molecule has 122 valence electrons. The molecular formula is C18H33NO2. The van der Waals surface area contributed by atoms with Crippen molar-refractivity contribution in [1.82, 2.24) is 4.90 Å². The van der Waals surface area contributed by atoms with Crippen molar-refractivity contribution in [2.45, 2.75) is 79.1 Å².